The highest BCUT2D eigenvalue weighted by molar-refractivity contribution is 8.29. The van der Waals surface area contributed by atoms with Gasteiger partial charge < -0.3 is 4.74 Å². The molecule has 0 radical (unpaired) electrons. The van der Waals surface area contributed by atoms with Gasteiger partial charge in [-0.05, 0) is 24.6 Å². The Hall–Kier alpha value is -0.710. The molecule has 0 atom stereocenters. The number of ether oxygens (including phenoxy) is 1. The molecule has 1 aromatic rings. The second kappa shape index (κ2) is 3.95. The molecule has 3 nitrogen and oxygen atoms in total. The van der Waals surface area contributed by atoms with E-state index in [0.29, 0.717) is 6.10 Å². The van der Waals surface area contributed by atoms with Crippen LogP contribution in [0.4, 0.5) is 0 Å². The lowest BCUT2D eigenvalue weighted by atomic mass is 10.2. The SMILES string of the molecule is Cc1cccc(OC2CCS3(CC2)OO3)c1. The number of hydrogen-bond acceptors (Lipinski definition) is 3. The van der Waals surface area contributed by atoms with Gasteiger partial charge in [-0.1, -0.05) is 12.1 Å². The van der Waals surface area contributed by atoms with E-state index in [2.05, 4.69) is 19.1 Å². The predicted octanol–water partition coefficient (Wildman–Crippen LogP) is 3.13. The Bertz CT molecular complexity index is 380. The minimum atomic E-state index is -1.05. The third-order valence-corrected chi connectivity index (χ3v) is 5.29. The second-order valence-electron chi connectivity index (χ2n) is 4.42. The summed E-state index contributed by atoms with van der Waals surface area (Å²) in [5, 5.41) is 0. The van der Waals surface area contributed by atoms with Gasteiger partial charge in [0, 0.05) is 24.3 Å². The van der Waals surface area contributed by atoms with E-state index in [1.54, 1.807) is 0 Å². The van der Waals surface area contributed by atoms with Gasteiger partial charge in [-0.2, -0.15) is 0 Å². The van der Waals surface area contributed by atoms with Crippen LogP contribution in [0.25, 0.3) is 0 Å². The number of benzene rings is 1. The van der Waals surface area contributed by atoms with Crippen LogP contribution in [-0.2, 0) is 8.67 Å². The molecule has 2 aliphatic heterocycles. The first-order chi connectivity index (χ1) is 7.76. The average molecular weight is 240 g/mol. The van der Waals surface area contributed by atoms with Gasteiger partial charge in [0.25, 0.3) is 0 Å². The van der Waals surface area contributed by atoms with Crippen molar-refractivity contribution in [3.8, 4) is 5.75 Å². The summed E-state index contributed by atoms with van der Waals surface area (Å²) in [7, 11) is -1.05. The average Bonchev–Trinajstić information content (AvgIpc) is 3.02. The fraction of sp³-hybridized carbons (Fsp3) is 0.500. The van der Waals surface area contributed by atoms with Crippen LogP contribution in [0.1, 0.15) is 18.4 Å². The van der Waals surface area contributed by atoms with Gasteiger partial charge in [-0.15, -0.1) is 19.3 Å². The summed E-state index contributed by atoms with van der Waals surface area (Å²) in [5.74, 6) is 3.04. The summed E-state index contributed by atoms with van der Waals surface area (Å²) < 4.78 is 16.1. The van der Waals surface area contributed by atoms with E-state index in [1.165, 1.54) is 5.56 Å². The maximum Gasteiger partial charge on any atom is 0.119 e. The van der Waals surface area contributed by atoms with Crippen LogP contribution < -0.4 is 4.74 Å². The molecule has 0 aliphatic carbocycles. The molecule has 0 unspecified atom stereocenters. The van der Waals surface area contributed by atoms with Crippen molar-refractivity contribution in [2.24, 2.45) is 0 Å². The van der Waals surface area contributed by atoms with Crippen LogP contribution in [0, 0.1) is 6.92 Å². The molecule has 1 aromatic carbocycles. The molecule has 16 heavy (non-hydrogen) atoms. The largest absolute Gasteiger partial charge is 0.490 e. The van der Waals surface area contributed by atoms with E-state index in [1.807, 2.05) is 12.1 Å². The molecule has 2 aliphatic rings. The molecule has 88 valence electrons. The highest BCUT2D eigenvalue weighted by atomic mass is 32.3. The first kappa shape index (κ1) is 10.4. The van der Waals surface area contributed by atoms with E-state index in [4.69, 9.17) is 13.4 Å². The maximum absolute atomic E-state index is 5.96. The van der Waals surface area contributed by atoms with Crippen LogP contribution in [0.5, 0.6) is 5.75 Å². The van der Waals surface area contributed by atoms with Gasteiger partial charge in [0.05, 0.1) is 0 Å². The van der Waals surface area contributed by atoms with Gasteiger partial charge in [0.15, 0.2) is 0 Å². The lowest BCUT2D eigenvalue weighted by Crippen LogP contribution is -2.25. The lowest BCUT2D eigenvalue weighted by Gasteiger charge is -2.28. The minimum Gasteiger partial charge on any atom is -0.490 e. The van der Waals surface area contributed by atoms with Crippen molar-refractivity contribution in [1.29, 1.82) is 0 Å². The summed E-state index contributed by atoms with van der Waals surface area (Å²) >= 11 is 0. The molecule has 0 N–H and O–H groups in total. The highest BCUT2D eigenvalue weighted by Gasteiger charge is 2.42. The molecular formula is C12H16O3S. The van der Waals surface area contributed by atoms with Gasteiger partial charge in [0.1, 0.15) is 11.9 Å². The van der Waals surface area contributed by atoms with Crippen molar-refractivity contribution in [2.45, 2.75) is 25.9 Å². The zero-order valence-electron chi connectivity index (χ0n) is 9.35. The van der Waals surface area contributed by atoms with Gasteiger partial charge in [-0.25, -0.2) is 0 Å². The lowest BCUT2D eigenvalue weighted by molar-refractivity contribution is 0.0850. The summed E-state index contributed by atoms with van der Waals surface area (Å²) in [5.41, 5.74) is 1.24. The first-order valence-corrected chi connectivity index (χ1v) is 7.48. The van der Waals surface area contributed by atoms with Crippen LogP contribution in [0.3, 0.4) is 0 Å². The van der Waals surface area contributed by atoms with Crippen LogP contribution >= 0.6 is 10.6 Å². The normalized spacial score (nSPS) is 25.3. The van der Waals surface area contributed by atoms with Crippen LogP contribution in [-0.4, -0.2) is 17.6 Å². The molecule has 0 amide bonds. The molecule has 0 aromatic heterocycles. The quantitative estimate of drug-likeness (QED) is 0.588. The molecular weight excluding hydrogens is 224 g/mol. The minimum absolute atomic E-state index is 0.327. The Balaban J connectivity index is 1.59. The molecule has 2 fully saturated rings. The molecule has 2 saturated heterocycles. The Kier molecular flexibility index (Phi) is 2.58. The topological polar surface area (TPSA) is 34.3 Å². The smallest absolute Gasteiger partial charge is 0.119 e. The Morgan fingerprint density at radius 2 is 2.00 bits per heavy atom. The van der Waals surface area contributed by atoms with E-state index >= 15 is 0 Å². The second-order valence-corrected chi connectivity index (χ2v) is 7.00. The third kappa shape index (κ3) is 2.19. The van der Waals surface area contributed by atoms with E-state index in [9.17, 15) is 0 Å². The van der Waals surface area contributed by atoms with E-state index in [0.717, 1.165) is 30.1 Å². The van der Waals surface area contributed by atoms with Crippen molar-refractivity contribution < 1.29 is 13.4 Å². The summed E-state index contributed by atoms with van der Waals surface area (Å²) in [6.45, 7) is 2.08. The summed E-state index contributed by atoms with van der Waals surface area (Å²) in [6, 6.07) is 8.22. The van der Waals surface area contributed by atoms with Crippen molar-refractivity contribution in [2.75, 3.05) is 11.5 Å². The monoisotopic (exact) mass is 240 g/mol. The van der Waals surface area contributed by atoms with E-state index in [-0.39, 0.29) is 0 Å². The van der Waals surface area contributed by atoms with Crippen LogP contribution in [0.15, 0.2) is 24.3 Å². The zero-order valence-corrected chi connectivity index (χ0v) is 10.2. The van der Waals surface area contributed by atoms with E-state index < -0.39 is 10.6 Å². The fourth-order valence-electron chi connectivity index (χ4n) is 2.04. The maximum atomic E-state index is 5.96. The number of aryl methyl sites for hydroxylation is 1. The molecule has 4 heteroatoms. The third-order valence-electron chi connectivity index (χ3n) is 3.05. The van der Waals surface area contributed by atoms with Gasteiger partial charge in [-0.3, -0.25) is 0 Å². The Morgan fingerprint density at radius 3 is 2.62 bits per heavy atom. The standard InChI is InChI=1S/C12H16O3S/c1-10-3-2-4-12(9-10)13-11-5-7-16(8-6-11)14-15-16/h2-4,9,11H,5-8H2,1H3. The molecule has 0 saturated carbocycles. The molecule has 2 heterocycles. The predicted molar refractivity (Wildman–Crippen MR) is 64.3 cm³/mol. The van der Waals surface area contributed by atoms with Crippen molar-refractivity contribution in [1.82, 2.24) is 0 Å². The molecule has 0 bridgehead atoms. The first-order valence-electron chi connectivity index (χ1n) is 5.66. The zero-order chi connectivity index (χ0) is 11.0. The summed E-state index contributed by atoms with van der Waals surface area (Å²) in [6.07, 6.45) is 2.42. The van der Waals surface area contributed by atoms with Crippen molar-refractivity contribution >= 4 is 10.6 Å². The Morgan fingerprint density at radius 1 is 1.25 bits per heavy atom. The van der Waals surface area contributed by atoms with Crippen molar-refractivity contribution in [3.63, 3.8) is 0 Å². The molecule has 1 spiro atoms. The highest BCUT2D eigenvalue weighted by Crippen LogP contribution is 2.67. The fourth-order valence-corrected chi connectivity index (χ4v) is 4.08. The number of rotatable bonds is 2. The summed E-state index contributed by atoms with van der Waals surface area (Å²) in [4.78, 5) is 0. The number of hydrogen-bond donors (Lipinski definition) is 0. The van der Waals surface area contributed by atoms with Crippen LogP contribution in [0.2, 0.25) is 0 Å². The Labute approximate surface area is 97.4 Å². The molecule has 3 rings (SSSR count). The van der Waals surface area contributed by atoms with Gasteiger partial charge in [0.2, 0.25) is 0 Å². The van der Waals surface area contributed by atoms with Gasteiger partial charge >= 0.3 is 0 Å². The van der Waals surface area contributed by atoms with Crippen molar-refractivity contribution in [3.05, 3.63) is 29.8 Å².